The van der Waals surface area contributed by atoms with Gasteiger partial charge in [-0.1, -0.05) is 0 Å². The summed E-state index contributed by atoms with van der Waals surface area (Å²) in [6.07, 6.45) is 6.00. The van der Waals surface area contributed by atoms with Gasteiger partial charge in [0.25, 0.3) is 0 Å². The number of amides is 1. The molecule has 0 N–H and O–H groups in total. The van der Waals surface area contributed by atoms with Crippen molar-refractivity contribution in [2.75, 3.05) is 25.0 Å². The molecule has 0 spiro atoms. The number of hydrogen-bond donors (Lipinski definition) is 0. The Labute approximate surface area is 160 Å². The zero-order valence-electron chi connectivity index (χ0n) is 16.2. The smallest absolute Gasteiger partial charge is 0.410 e. The zero-order valence-corrected chi connectivity index (χ0v) is 17.0. The Balaban J connectivity index is 1.77. The molecule has 3 rings (SSSR count). The second-order valence-electron chi connectivity index (χ2n) is 8.28. The predicted octanol–water partition coefficient (Wildman–Crippen LogP) is 3.84. The van der Waals surface area contributed by atoms with Gasteiger partial charge in [-0.2, -0.15) is 0 Å². The Morgan fingerprint density at radius 3 is 2.69 bits per heavy atom. The third-order valence-corrected chi connectivity index (χ3v) is 5.23. The number of aryl methyl sites for hydroxylation is 1. The number of piperidine rings is 1. The molecule has 1 saturated heterocycles. The second kappa shape index (κ2) is 7.59. The van der Waals surface area contributed by atoms with Crippen molar-refractivity contribution in [2.24, 2.45) is 0 Å². The molecule has 1 aliphatic heterocycles. The highest BCUT2D eigenvalue weighted by molar-refractivity contribution is 6.28. The molecule has 144 valence electrons. The highest BCUT2D eigenvalue weighted by atomic mass is 35.5. The Morgan fingerprint density at radius 1 is 1.23 bits per heavy atom. The van der Waals surface area contributed by atoms with Crippen LogP contribution in [0.4, 0.5) is 10.6 Å². The average Bonchev–Trinajstić information content (AvgIpc) is 2.59. The fourth-order valence-corrected chi connectivity index (χ4v) is 3.93. The van der Waals surface area contributed by atoms with Gasteiger partial charge < -0.3 is 14.5 Å². The van der Waals surface area contributed by atoms with Gasteiger partial charge in [0, 0.05) is 25.7 Å². The Morgan fingerprint density at radius 2 is 1.96 bits per heavy atom. The molecule has 0 saturated carbocycles. The number of carbonyl (C=O) groups is 1. The molecule has 1 aromatic heterocycles. The third kappa shape index (κ3) is 4.40. The van der Waals surface area contributed by atoms with Crippen molar-refractivity contribution >= 4 is 23.5 Å². The van der Waals surface area contributed by atoms with Gasteiger partial charge in [0.1, 0.15) is 11.4 Å². The Hall–Kier alpha value is -1.56. The molecule has 7 heteroatoms. The lowest BCUT2D eigenvalue weighted by atomic mass is 9.95. The van der Waals surface area contributed by atoms with Crippen LogP contribution in [0.3, 0.4) is 0 Å². The molecule has 1 aromatic rings. The van der Waals surface area contributed by atoms with Crippen LogP contribution < -0.4 is 4.90 Å². The molecule has 1 amide bonds. The summed E-state index contributed by atoms with van der Waals surface area (Å²) in [5.74, 6) is 0.960. The van der Waals surface area contributed by atoms with Crippen LogP contribution in [-0.2, 0) is 17.6 Å². The summed E-state index contributed by atoms with van der Waals surface area (Å²) in [5.41, 5.74) is 1.84. The number of carbonyl (C=O) groups excluding carboxylic acids is 1. The van der Waals surface area contributed by atoms with Gasteiger partial charge in [-0.3, -0.25) is 0 Å². The van der Waals surface area contributed by atoms with E-state index in [-0.39, 0.29) is 12.1 Å². The first kappa shape index (κ1) is 19.2. The topological polar surface area (TPSA) is 58.6 Å². The monoisotopic (exact) mass is 380 g/mol. The van der Waals surface area contributed by atoms with E-state index in [1.165, 1.54) is 12.0 Å². The van der Waals surface area contributed by atoms with Crippen LogP contribution in [0.15, 0.2) is 0 Å². The number of nitrogens with zero attached hydrogens (tertiary/aromatic N) is 4. The summed E-state index contributed by atoms with van der Waals surface area (Å²) < 4.78 is 5.53. The first-order valence-electron chi connectivity index (χ1n) is 9.50. The fourth-order valence-electron chi connectivity index (χ4n) is 3.75. The normalized spacial score (nSPS) is 20.5. The van der Waals surface area contributed by atoms with Crippen LogP contribution in [0, 0.1) is 0 Å². The van der Waals surface area contributed by atoms with Gasteiger partial charge in [0.05, 0.1) is 11.7 Å². The number of anilines is 1. The maximum absolute atomic E-state index is 12.4. The molecule has 0 radical (unpaired) electrons. The van der Waals surface area contributed by atoms with E-state index in [2.05, 4.69) is 14.9 Å². The van der Waals surface area contributed by atoms with Crippen LogP contribution in [-0.4, -0.2) is 52.7 Å². The van der Waals surface area contributed by atoms with Gasteiger partial charge >= 0.3 is 6.09 Å². The van der Waals surface area contributed by atoms with Crippen LogP contribution in [0.1, 0.15) is 57.7 Å². The van der Waals surface area contributed by atoms with E-state index in [1.54, 1.807) is 4.90 Å². The van der Waals surface area contributed by atoms with Gasteiger partial charge in [-0.15, -0.1) is 0 Å². The fraction of sp³-hybridized carbons (Fsp3) is 0.737. The minimum atomic E-state index is -0.487. The number of halogens is 1. The summed E-state index contributed by atoms with van der Waals surface area (Å²) >= 11 is 6.19. The number of aromatic nitrogens is 2. The van der Waals surface area contributed by atoms with Crippen molar-refractivity contribution < 1.29 is 9.53 Å². The van der Waals surface area contributed by atoms with Gasteiger partial charge in [0.15, 0.2) is 0 Å². The lowest BCUT2D eigenvalue weighted by Crippen LogP contribution is -2.50. The third-order valence-electron chi connectivity index (χ3n) is 5.06. The number of hydrogen-bond acceptors (Lipinski definition) is 5. The highest BCUT2D eigenvalue weighted by Gasteiger charge is 2.31. The van der Waals surface area contributed by atoms with E-state index in [9.17, 15) is 4.79 Å². The molecule has 26 heavy (non-hydrogen) atoms. The van der Waals surface area contributed by atoms with E-state index in [0.717, 1.165) is 56.7 Å². The van der Waals surface area contributed by atoms with E-state index < -0.39 is 5.60 Å². The minimum Gasteiger partial charge on any atom is -0.444 e. The second-order valence-corrected chi connectivity index (χ2v) is 8.62. The zero-order chi connectivity index (χ0) is 18.9. The molecule has 6 nitrogen and oxygen atoms in total. The number of ether oxygens (including phenoxy) is 1. The van der Waals surface area contributed by atoms with Crippen molar-refractivity contribution in [3.63, 3.8) is 0 Å². The first-order chi connectivity index (χ1) is 12.2. The van der Waals surface area contributed by atoms with E-state index >= 15 is 0 Å². The number of likely N-dealkylation sites (N-methyl/N-ethyl adjacent to an activating group) is 1. The van der Waals surface area contributed by atoms with Crippen molar-refractivity contribution in [1.29, 1.82) is 0 Å². The van der Waals surface area contributed by atoms with Crippen molar-refractivity contribution in [2.45, 2.75) is 70.9 Å². The van der Waals surface area contributed by atoms with E-state index in [1.807, 2.05) is 27.8 Å². The average molecular weight is 381 g/mol. The molecule has 1 atom stereocenters. The molecular weight excluding hydrogens is 352 g/mol. The molecule has 0 unspecified atom stereocenters. The van der Waals surface area contributed by atoms with Crippen LogP contribution >= 0.6 is 11.6 Å². The lowest BCUT2D eigenvalue weighted by Gasteiger charge is -2.39. The Kier molecular flexibility index (Phi) is 5.61. The van der Waals surface area contributed by atoms with Crippen molar-refractivity contribution in [3.8, 4) is 0 Å². The van der Waals surface area contributed by atoms with Crippen LogP contribution in [0.5, 0.6) is 0 Å². The highest BCUT2D eigenvalue weighted by Crippen LogP contribution is 2.31. The summed E-state index contributed by atoms with van der Waals surface area (Å²) in [6, 6.07) is 0.103. The summed E-state index contributed by atoms with van der Waals surface area (Å²) in [6.45, 7) is 7.34. The SMILES string of the molecule is CN(C(=O)OC(C)(C)C)[C@@H]1CCCN(c2nc(Cl)nc3c2CCCC3)C1. The summed E-state index contributed by atoms with van der Waals surface area (Å²) in [4.78, 5) is 25.4. The summed E-state index contributed by atoms with van der Waals surface area (Å²) in [7, 11) is 1.82. The molecule has 1 fully saturated rings. The van der Waals surface area contributed by atoms with Crippen LogP contribution in [0.25, 0.3) is 0 Å². The molecule has 1 aliphatic carbocycles. The Bertz CT molecular complexity index is 674. The summed E-state index contributed by atoms with van der Waals surface area (Å²) in [5, 5.41) is 0.322. The van der Waals surface area contributed by atoms with Crippen molar-refractivity contribution in [1.82, 2.24) is 14.9 Å². The standard InChI is InChI=1S/C19H29ClN4O2/c1-19(2,3)26-18(25)23(4)13-8-7-11-24(12-13)16-14-9-5-6-10-15(14)21-17(20)22-16/h13H,5-12H2,1-4H3/t13-/m1/s1. The van der Waals surface area contributed by atoms with Crippen LogP contribution in [0.2, 0.25) is 5.28 Å². The molecule has 0 aromatic carbocycles. The van der Waals surface area contributed by atoms with Gasteiger partial charge in [0.2, 0.25) is 5.28 Å². The maximum atomic E-state index is 12.4. The first-order valence-corrected chi connectivity index (χ1v) is 9.88. The van der Waals surface area contributed by atoms with E-state index in [4.69, 9.17) is 16.3 Å². The minimum absolute atomic E-state index is 0.103. The predicted molar refractivity (Wildman–Crippen MR) is 103 cm³/mol. The van der Waals surface area contributed by atoms with Crippen molar-refractivity contribution in [3.05, 3.63) is 16.5 Å². The van der Waals surface area contributed by atoms with Gasteiger partial charge in [-0.25, -0.2) is 14.8 Å². The number of fused-ring (bicyclic) bond motifs is 1. The van der Waals surface area contributed by atoms with Gasteiger partial charge in [-0.05, 0) is 70.9 Å². The maximum Gasteiger partial charge on any atom is 0.410 e. The number of rotatable bonds is 2. The van der Waals surface area contributed by atoms with E-state index in [0.29, 0.717) is 5.28 Å². The molecule has 2 aliphatic rings. The molecule has 0 bridgehead atoms. The molecular formula is C19H29ClN4O2. The lowest BCUT2D eigenvalue weighted by molar-refractivity contribution is 0.0209. The molecule has 2 heterocycles. The largest absolute Gasteiger partial charge is 0.444 e. The quantitative estimate of drug-likeness (QED) is 0.729.